The average Bonchev–Trinajstić information content (AvgIpc) is 3.65. The lowest BCUT2D eigenvalue weighted by Gasteiger charge is -2.21. The number of aromatic amines is 2. The SMILES string of the molecule is CN(C)CCNc1cc(F)cc(-c2ccnc3[nH]c(-c4n[nH]c5ccc(-c6cncc(CC7CCCCC7)c6)cc45)cc23)c1. The van der Waals surface area contributed by atoms with Gasteiger partial charge in [-0.3, -0.25) is 10.1 Å². The van der Waals surface area contributed by atoms with E-state index in [0.717, 1.165) is 86.7 Å². The maximum Gasteiger partial charge on any atom is 0.138 e. The number of aromatic nitrogens is 5. The number of benzene rings is 2. The van der Waals surface area contributed by atoms with E-state index in [4.69, 9.17) is 5.10 Å². The van der Waals surface area contributed by atoms with Crippen molar-refractivity contribution in [2.45, 2.75) is 38.5 Å². The summed E-state index contributed by atoms with van der Waals surface area (Å²) in [6.07, 6.45) is 13.5. The summed E-state index contributed by atoms with van der Waals surface area (Å²) < 4.78 is 14.7. The topological polar surface area (TPSA) is 85.5 Å². The van der Waals surface area contributed by atoms with Gasteiger partial charge in [-0.2, -0.15) is 5.10 Å². The molecule has 1 aliphatic rings. The highest BCUT2D eigenvalue weighted by molar-refractivity contribution is 6.00. The van der Waals surface area contributed by atoms with Gasteiger partial charge in [-0.25, -0.2) is 9.37 Å². The quantitative estimate of drug-likeness (QED) is 0.159. The summed E-state index contributed by atoms with van der Waals surface area (Å²) >= 11 is 0. The Morgan fingerprint density at radius 3 is 2.66 bits per heavy atom. The molecule has 1 aliphatic carbocycles. The Bertz CT molecular complexity index is 1920. The second-order valence-corrected chi connectivity index (χ2v) is 12.4. The standard InChI is InChI=1S/C36H38FN7/c1-44(2)13-12-39-29-17-26(16-28(37)19-29)30-10-11-40-36-31(30)20-34(41-36)35-32-18-25(8-9-33(32)42-43-35)27-15-24(21-38-22-27)14-23-6-4-3-5-7-23/h8-11,15-23,39H,3-7,12-14H2,1-2H3,(H,40,41)(H,42,43). The van der Waals surface area contributed by atoms with Crippen molar-refractivity contribution in [3.63, 3.8) is 0 Å². The van der Waals surface area contributed by atoms with Gasteiger partial charge in [0, 0.05) is 53.7 Å². The summed E-state index contributed by atoms with van der Waals surface area (Å²) in [5.41, 5.74) is 9.37. The lowest BCUT2D eigenvalue weighted by Crippen LogP contribution is -2.20. The van der Waals surface area contributed by atoms with Crippen molar-refractivity contribution in [3.05, 3.63) is 84.6 Å². The molecule has 0 amide bonds. The van der Waals surface area contributed by atoms with Crippen molar-refractivity contribution in [2.75, 3.05) is 32.5 Å². The molecule has 0 saturated heterocycles. The van der Waals surface area contributed by atoms with Gasteiger partial charge in [0.1, 0.15) is 17.2 Å². The number of hydrogen-bond donors (Lipinski definition) is 3. The van der Waals surface area contributed by atoms with E-state index in [0.29, 0.717) is 0 Å². The molecule has 0 aliphatic heterocycles. The van der Waals surface area contributed by atoms with E-state index in [2.05, 4.69) is 60.6 Å². The molecule has 0 unspecified atom stereocenters. The van der Waals surface area contributed by atoms with Gasteiger partial charge in [0.25, 0.3) is 0 Å². The van der Waals surface area contributed by atoms with Crippen LogP contribution in [0.5, 0.6) is 0 Å². The predicted molar refractivity (Wildman–Crippen MR) is 177 cm³/mol. The number of hydrogen-bond acceptors (Lipinski definition) is 5. The summed E-state index contributed by atoms with van der Waals surface area (Å²) in [6.45, 7) is 1.58. The first kappa shape index (κ1) is 28.2. The Morgan fingerprint density at radius 1 is 0.909 bits per heavy atom. The Hall–Kier alpha value is -4.56. The van der Waals surface area contributed by atoms with Gasteiger partial charge in [-0.05, 0) is 97.2 Å². The summed E-state index contributed by atoms with van der Waals surface area (Å²) in [7, 11) is 4.04. The number of rotatable bonds is 9. The van der Waals surface area contributed by atoms with Crippen LogP contribution in [0.15, 0.2) is 73.2 Å². The molecule has 1 fully saturated rings. The molecule has 0 bridgehead atoms. The molecule has 224 valence electrons. The summed E-state index contributed by atoms with van der Waals surface area (Å²) in [4.78, 5) is 14.8. The number of halogens is 1. The van der Waals surface area contributed by atoms with Crippen LogP contribution in [0, 0.1) is 11.7 Å². The van der Waals surface area contributed by atoms with Crippen LogP contribution in [0.25, 0.3) is 55.6 Å². The minimum atomic E-state index is -0.279. The third-order valence-corrected chi connectivity index (χ3v) is 8.82. The van der Waals surface area contributed by atoms with Crippen LogP contribution in [0.2, 0.25) is 0 Å². The fourth-order valence-corrected chi connectivity index (χ4v) is 6.56. The van der Waals surface area contributed by atoms with Gasteiger partial charge in [-0.15, -0.1) is 0 Å². The minimum absolute atomic E-state index is 0.279. The molecule has 4 aromatic heterocycles. The zero-order valence-electron chi connectivity index (χ0n) is 25.3. The second-order valence-electron chi connectivity index (χ2n) is 12.4. The fraction of sp³-hybridized carbons (Fsp3) is 0.306. The molecule has 4 heterocycles. The molecular formula is C36H38FN7. The molecule has 44 heavy (non-hydrogen) atoms. The van der Waals surface area contributed by atoms with Crippen LogP contribution in [0.4, 0.5) is 10.1 Å². The first-order chi connectivity index (χ1) is 21.5. The van der Waals surface area contributed by atoms with E-state index in [1.165, 1.54) is 43.7 Å². The first-order valence-corrected chi connectivity index (χ1v) is 15.6. The number of pyridine rings is 2. The van der Waals surface area contributed by atoms with Gasteiger partial charge in [0.2, 0.25) is 0 Å². The number of nitrogens with one attached hydrogen (secondary N) is 3. The predicted octanol–water partition coefficient (Wildman–Crippen LogP) is 8.07. The normalized spacial score (nSPS) is 14.2. The summed E-state index contributed by atoms with van der Waals surface area (Å²) in [6, 6.07) is 17.8. The number of likely N-dealkylation sites (N-methyl/N-ethyl adjacent to an activating group) is 1. The first-order valence-electron chi connectivity index (χ1n) is 15.6. The molecule has 6 aromatic rings. The monoisotopic (exact) mass is 587 g/mol. The second kappa shape index (κ2) is 12.2. The van der Waals surface area contributed by atoms with Crippen molar-refractivity contribution < 1.29 is 4.39 Å². The molecule has 0 atom stereocenters. The molecule has 7 nitrogen and oxygen atoms in total. The highest BCUT2D eigenvalue weighted by Gasteiger charge is 2.17. The smallest absolute Gasteiger partial charge is 0.138 e. The van der Waals surface area contributed by atoms with Crippen molar-refractivity contribution in [3.8, 4) is 33.6 Å². The molecule has 0 radical (unpaired) electrons. The van der Waals surface area contributed by atoms with Crippen LogP contribution in [0.3, 0.4) is 0 Å². The van der Waals surface area contributed by atoms with E-state index in [9.17, 15) is 4.39 Å². The van der Waals surface area contributed by atoms with E-state index in [-0.39, 0.29) is 5.82 Å². The lowest BCUT2D eigenvalue weighted by atomic mass is 9.85. The van der Waals surface area contributed by atoms with Crippen LogP contribution in [-0.2, 0) is 6.42 Å². The molecule has 2 aromatic carbocycles. The third-order valence-electron chi connectivity index (χ3n) is 8.82. The van der Waals surface area contributed by atoms with Crippen LogP contribution in [0.1, 0.15) is 37.7 Å². The minimum Gasteiger partial charge on any atom is -0.384 e. The zero-order valence-corrected chi connectivity index (χ0v) is 25.3. The summed E-state index contributed by atoms with van der Waals surface area (Å²) in [5, 5.41) is 13.2. The van der Waals surface area contributed by atoms with E-state index in [1.54, 1.807) is 12.3 Å². The highest BCUT2D eigenvalue weighted by atomic mass is 19.1. The number of fused-ring (bicyclic) bond motifs is 2. The van der Waals surface area contributed by atoms with Gasteiger partial charge in [0.05, 0.1) is 11.2 Å². The van der Waals surface area contributed by atoms with Crippen molar-refractivity contribution in [2.24, 2.45) is 5.92 Å². The third kappa shape index (κ3) is 5.95. The highest BCUT2D eigenvalue weighted by Crippen LogP contribution is 2.36. The Labute approximate surface area is 256 Å². The summed E-state index contributed by atoms with van der Waals surface area (Å²) in [5.74, 6) is 0.487. The average molecular weight is 588 g/mol. The molecule has 7 rings (SSSR count). The van der Waals surface area contributed by atoms with Crippen molar-refractivity contribution in [1.82, 2.24) is 30.0 Å². The van der Waals surface area contributed by atoms with Crippen LogP contribution >= 0.6 is 0 Å². The molecular weight excluding hydrogens is 549 g/mol. The number of nitrogens with zero attached hydrogens (tertiary/aromatic N) is 4. The van der Waals surface area contributed by atoms with E-state index < -0.39 is 0 Å². The largest absolute Gasteiger partial charge is 0.384 e. The molecule has 1 saturated carbocycles. The molecule has 3 N–H and O–H groups in total. The number of H-pyrrole nitrogens is 2. The van der Waals surface area contributed by atoms with E-state index in [1.807, 2.05) is 38.6 Å². The van der Waals surface area contributed by atoms with Crippen LogP contribution in [-0.4, -0.2) is 57.2 Å². The van der Waals surface area contributed by atoms with E-state index >= 15 is 0 Å². The van der Waals surface area contributed by atoms with Crippen molar-refractivity contribution in [1.29, 1.82) is 0 Å². The lowest BCUT2D eigenvalue weighted by molar-refractivity contribution is 0.356. The Morgan fingerprint density at radius 2 is 1.80 bits per heavy atom. The number of anilines is 1. The molecule has 8 heteroatoms. The zero-order chi connectivity index (χ0) is 30.0. The van der Waals surface area contributed by atoms with Gasteiger partial charge in [0.15, 0.2) is 0 Å². The fourth-order valence-electron chi connectivity index (χ4n) is 6.56. The maximum atomic E-state index is 14.7. The Balaban J connectivity index is 1.21. The van der Waals surface area contributed by atoms with Gasteiger partial charge in [-0.1, -0.05) is 38.2 Å². The van der Waals surface area contributed by atoms with Crippen LogP contribution < -0.4 is 5.32 Å². The molecule has 0 spiro atoms. The Kier molecular flexibility index (Phi) is 7.83. The van der Waals surface area contributed by atoms with Gasteiger partial charge >= 0.3 is 0 Å². The van der Waals surface area contributed by atoms with Crippen molar-refractivity contribution >= 4 is 27.6 Å². The van der Waals surface area contributed by atoms with Gasteiger partial charge < -0.3 is 15.2 Å². The maximum absolute atomic E-state index is 14.7.